The Morgan fingerprint density at radius 1 is 0.917 bits per heavy atom. The molecule has 1 rings (SSSR count). The summed E-state index contributed by atoms with van der Waals surface area (Å²) in [6.45, 7) is 4.33. The minimum atomic E-state index is -1.23. The van der Waals surface area contributed by atoms with Crippen LogP contribution in [0.3, 0.4) is 0 Å². The topological polar surface area (TPSA) is 46.5 Å². The van der Waals surface area contributed by atoms with E-state index in [1.54, 1.807) is 31.4 Å². The number of hydrogen-bond acceptors (Lipinski definition) is 3. The maximum absolute atomic E-state index is 12.9. The summed E-state index contributed by atoms with van der Waals surface area (Å²) in [6, 6.07) is 7.07. The number of rotatable bonds is 13. The Kier molecular flexibility index (Phi) is 9.70. The van der Waals surface area contributed by atoms with Crippen molar-refractivity contribution in [2.24, 2.45) is 0 Å². The first-order chi connectivity index (χ1) is 11.6. The minimum absolute atomic E-state index is 0.141. The van der Waals surface area contributed by atoms with Gasteiger partial charge < -0.3 is 9.84 Å². The van der Waals surface area contributed by atoms with Gasteiger partial charge in [-0.3, -0.25) is 4.79 Å². The number of hydrogen-bond donors (Lipinski definition) is 1. The fourth-order valence-electron chi connectivity index (χ4n) is 3.05. The van der Waals surface area contributed by atoms with Crippen LogP contribution in [0.2, 0.25) is 0 Å². The zero-order valence-corrected chi connectivity index (χ0v) is 15.6. The molecule has 1 aromatic rings. The van der Waals surface area contributed by atoms with E-state index in [1.807, 2.05) is 0 Å². The van der Waals surface area contributed by atoms with Crippen LogP contribution in [0.15, 0.2) is 24.3 Å². The molecule has 0 aromatic heterocycles. The van der Waals surface area contributed by atoms with Crippen LogP contribution in [-0.4, -0.2) is 23.6 Å². The lowest BCUT2D eigenvalue weighted by molar-refractivity contribution is 0.0197. The van der Waals surface area contributed by atoms with E-state index in [-0.39, 0.29) is 5.78 Å². The maximum atomic E-state index is 12.9. The molecule has 0 aliphatic heterocycles. The van der Waals surface area contributed by atoms with Crippen LogP contribution < -0.4 is 4.74 Å². The normalized spacial score (nSPS) is 11.5. The monoisotopic (exact) mass is 334 g/mol. The molecule has 0 amide bonds. The number of unbranched alkanes of at least 4 members (excludes halogenated alkanes) is 6. The molecule has 0 fully saturated rings. The van der Waals surface area contributed by atoms with Gasteiger partial charge in [0.25, 0.3) is 0 Å². The zero-order valence-electron chi connectivity index (χ0n) is 15.6. The minimum Gasteiger partial charge on any atom is -0.497 e. The molecule has 0 saturated carbocycles. The van der Waals surface area contributed by atoms with Crippen molar-refractivity contribution < 1.29 is 14.6 Å². The van der Waals surface area contributed by atoms with Crippen LogP contribution in [0, 0.1) is 0 Å². The van der Waals surface area contributed by atoms with Crippen molar-refractivity contribution >= 4 is 5.78 Å². The molecule has 0 heterocycles. The zero-order chi connectivity index (χ0) is 17.8. The first-order valence-electron chi connectivity index (χ1n) is 9.48. The molecule has 0 atom stereocenters. The highest BCUT2D eigenvalue weighted by molar-refractivity contribution is 6.02. The van der Waals surface area contributed by atoms with Crippen LogP contribution in [0.5, 0.6) is 5.75 Å². The van der Waals surface area contributed by atoms with Crippen LogP contribution in [-0.2, 0) is 0 Å². The van der Waals surface area contributed by atoms with Crippen molar-refractivity contribution in [1.29, 1.82) is 0 Å². The molecule has 3 nitrogen and oxygen atoms in total. The molecule has 3 heteroatoms. The number of ketones is 1. The van der Waals surface area contributed by atoms with Gasteiger partial charge in [-0.1, -0.05) is 65.2 Å². The third-order valence-electron chi connectivity index (χ3n) is 4.66. The van der Waals surface area contributed by atoms with E-state index in [0.717, 1.165) is 57.1 Å². The van der Waals surface area contributed by atoms with Crippen LogP contribution >= 0.6 is 0 Å². The highest BCUT2D eigenvalue weighted by Gasteiger charge is 2.35. The maximum Gasteiger partial charge on any atom is 0.194 e. The van der Waals surface area contributed by atoms with Crippen molar-refractivity contribution in [2.45, 2.75) is 83.7 Å². The summed E-state index contributed by atoms with van der Waals surface area (Å²) in [7, 11) is 1.61. The van der Waals surface area contributed by atoms with Gasteiger partial charge in [0.2, 0.25) is 0 Å². The second-order valence-corrected chi connectivity index (χ2v) is 6.71. The fraction of sp³-hybridized carbons (Fsp3) is 0.667. The van der Waals surface area contributed by atoms with Gasteiger partial charge in [0, 0.05) is 5.56 Å². The van der Waals surface area contributed by atoms with Crippen molar-refractivity contribution in [2.75, 3.05) is 7.11 Å². The Labute approximate surface area is 147 Å². The molecule has 1 N–H and O–H groups in total. The summed E-state index contributed by atoms with van der Waals surface area (Å²) in [6.07, 6.45) is 9.69. The van der Waals surface area contributed by atoms with E-state index < -0.39 is 5.60 Å². The number of benzene rings is 1. The van der Waals surface area contributed by atoms with E-state index >= 15 is 0 Å². The molecule has 0 radical (unpaired) electrons. The number of Topliss-reactive ketones (excluding diaryl/α,β-unsaturated/α-hetero) is 1. The quantitative estimate of drug-likeness (QED) is 0.380. The van der Waals surface area contributed by atoms with Gasteiger partial charge in [0.1, 0.15) is 11.4 Å². The van der Waals surface area contributed by atoms with Crippen LogP contribution in [0.25, 0.3) is 0 Å². The van der Waals surface area contributed by atoms with Crippen molar-refractivity contribution in [3.8, 4) is 5.75 Å². The van der Waals surface area contributed by atoms with Crippen molar-refractivity contribution in [3.63, 3.8) is 0 Å². The predicted octanol–water partition coefficient (Wildman–Crippen LogP) is 5.55. The van der Waals surface area contributed by atoms with E-state index in [1.165, 1.54) is 0 Å². The van der Waals surface area contributed by atoms with Gasteiger partial charge in [-0.15, -0.1) is 0 Å². The molecular weight excluding hydrogens is 300 g/mol. The van der Waals surface area contributed by atoms with Gasteiger partial charge in [0.15, 0.2) is 5.78 Å². The fourth-order valence-corrected chi connectivity index (χ4v) is 3.05. The number of ether oxygens (including phenoxy) is 1. The highest BCUT2D eigenvalue weighted by Crippen LogP contribution is 2.28. The second-order valence-electron chi connectivity index (χ2n) is 6.71. The van der Waals surface area contributed by atoms with Gasteiger partial charge in [-0.05, 0) is 37.1 Å². The third kappa shape index (κ3) is 6.64. The van der Waals surface area contributed by atoms with Gasteiger partial charge in [-0.25, -0.2) is 0 Å². The first-order valence-corrected chi connectivity index (χ1v) is 9.48. The number of aliphatic hydroxyl groups is 1. The molecular formula is C21H34O3. The lowest BCUT2D eigenvalue weighted by Crippen LogP contribution is -2.38. The standard InChI is InChI=1S/C21H34O3/c1-4-6-8-10-16-21(23,17-11-9-7-5-2)20(22)18-12-14-19(24-3)15-13-18/h12-15,23H,4-11,16-17H2,1-3H3. The summed E-state index contributed by atoms with van der Waals surface area (Å²) < 4.78 is 5.14. The summed E-state index contributed by atoms with van der Waals surface area (Å²) in [5.74, 6) is 0.583. The third-order valence-corrected chi connectivity index (χ3v) is 4.66. The summed E-state index contributed by atoms with van der Waals surface area (Å²) >= 11 is 0. The Balaban J connectivity index is 2.77. The van der Waals surface area contributed by atoms with Crippen molar-refractivity contribution in [3.05, 3.63) is 29.8 Å². The molecule has 136 valence electrons. The summed E-state index contributed by atoms with van der Waals surface area (Å²) in [5.41, 5.74) is -0.653. The Morgan fingerprint density at radius 3 is 1.83 bits per heavy atom. The Hall–Kier alpha value is -1.35. The molecule has 0 saturated heterocycles. The average molecular weight is 334 g/mol. The van der Waals surface area contributed by atoms with Crippen LogP contribution in [0.4, 0.5) is 0 Å². The molecule has 1 aromatic carbocycles. The predicted molar refractivity (Wildman–Crippen MR) is 99.8 cm³/mol. The average Bonchev–Trinajstić information content (AvgIpc) is 2.62. The smallest absolute Gasteiger partial charge is 0.194 e. The number of methoxy groups -OCH3 is 1. The van der Waals surface area contributed by atoms with E-state index in [0.29, 0.717) is 18.4 Å². The van der Waals surface area contributed by atoms with E-state index in [4.69, 9.17) is 4.74 Å². The van der Waals surface area contributed by atoms with Gasteiger partial charge >= 0.3 is 0 Å². The molecule has 0 aliphatic carbocycles. The van der Waals surface area contributed by atoms with Gasteiger partial charge in [0.05, 0.1) is 7.11 Å². The lowest BCUT2D eigenvalue weighted by atomic mass is 9.83. The largest absolute Gasteiger partial charge is 0.497 e. The molecule has 0 bridgehead atoms. The molecule has 0 spiro atoms. The van der Waals surface area contributed by atoms with E-state index in [9.17, 15) is 9.90 Å². The first kappa shape index (κ1) is 20.7. The van der Waals surface area contributed by atoms with Crippen LogP contribution in [0.1, 0.15) is 88.4 Å². The molecule has 0 aliphatic rings. The van der Waals surface area contributed by atoms with Crippen molar-refractivity contribution in [1.82, 2.24) is 0 Å². The Bertz CT molecular complexity index is 452. The van der Waals surface area contributed by atoms with Gasteiger partial charge in [-0.2, -0.15) is 0 Å². The SMILES string of the molecule is CCCCCCC(O)(CCCCCC)C(=O)c1ccc(OC)cc1. The molecule has 24 heavy (non-hydrogen) atoms. The lowest BCUT2D eigenvalue weighted by Gasteiger charge is -2.27. The number of carbonyl (C=O) groups excluding carboxylic acids is 1. The highest BCUT2D eigenvalue weighted by atomic mass is 16.5. The summed E-state index contributed by atoms with van der Waals surface area (Å²) in [5, 5.41) is 11.1. The summed E-state index contributed by atoms with van der Waals surface area (Å²) in [4.78, 5) is 12.9. The van der Waals surface area contributed by atoms with E-state index in [2.05, 4.69) is 13.8 Å². The number of carbonyl (C=O) groups is 1. The molecule has 0 unspecified atom stereocenters. The second kappa shape index (κ2) is 11.2. The Morgan fingerprint density at radius 2 is 1.42 bits per heavy atom.